The SMILES string of the molecule is CC(CNS(C)(=O)=O)NCc1ccc(OCCCc2cccc(Cl)c2)cc1. The molecule has 0 aliphatic carbocycles. The normalized spacial score (nSPS) is 12.7. The van der Waals surface area contributed by atoms with Crippen molar-refractivity contribution in [1.82, 2.24) is 10.0 Å². The fourth-order valence-corrected chi connectivity index (χ4v) is 3.27. The number of halogens is 1. The van der Waals surface area contributed by atoms with Crippen LogP contribution < -0.4 is 14.8 Å². The number of hydrogen-bond donors (Lipinski definition) is 2. The summed E-state index contributed by atoms with van der Waals surface area (Å²) < 4.78 is 30.5. The minimum atomic E-state index is -3.15. The van der Waals surface area contributed by atoms with Crippen LogP contribution in [0.25, 0.3) is 0 Å². The van der Waals surface area contributed by atoms with Crippen molar-refractivity contribution in [2.45, 2.75) is 32.4 Å². The molecular formula is C20H27ClN2O3S. The van der Waals surface area contributed by atoms with Crippen molar-refractivity contribution in [1.29, 1.82) is 0 Å². The second-order valence-corrected chi connectivity index (χ2v) is 8.90. The Hall–Kier alpha value is -1.60. The highest BCUT2D eigenvalue weighted by Crippen LogP contribution is 2.14. The molecule has 0 saturated carbocycles. The molecule has 0 saturated heterocycles. The summed E-state index contributed by atoms with van der Waals surface area (Å²) in [6.07, 6.45) is 3.02. The van der Waals surface area contributed by atoms with E-state index in [1.54, 1.807) is 0 Å². The van der Waals surface area contributed by atoms with Crippen molar-refractivity contribution in [2.75, 3.05) is 19.4 Å². The Morgan fingerprint density at radius 1 is 1.11 bits per heavy atom. The maximum absolute atomic E-state index is 11.1. The summed E-state index contributed by atoms with van der Waals surface area (Å²) >= 11 is 5.98. The quantitative estimate of drug-likeness (QED) is 0.557. The molecule has 0 amide bonds. The molecule has 2 aromatic carbocycles. The number of sulfonamides is 1. The molecule has 2 N–H and O–H groups in total. The Morgan fingerprint density at radius 2 is 1.85 bits per heavy atom. The summed E-state index contributed by atoms with van der Waals surface area (Å²) in [4.78, 5) is 0. The molecule has 27 heavy (non-hydrogen) atoms. The van der Waals surface area contributed by atoms with Crippen molar-refractivity contribution in [3.8, 4) is 5.75 Å². The Balaban J connectivity index is 1.67. The lowest BCUT2D eigenvalue weighted by Gasteiger charge is -2.14. The zero-order chi connectivity index (χ0) is 19.7. The van der Waals surface area contributed by atoms with Gasteiger partial charge in [0.05, 0.1) is 12.9 Å². The van der Waals surface area contributed by atoms with Gasteiger partial charge >= 0.3 is 0 Å². The van der Waals surface area contributed by atoms with Crippen LogP contribution in [0.1, 0.15) is 24.5 Å². The van der Waals surface area contributed by atoms with E-state index in [-0.39, 0.29) is 6.04 Å². The Kier molecular flexibility index (Phi) is 8.57. The van der Waals surface area contributed by atoms with Gasteiger partial charge in [0.25, 0.3) is 0 Å². The molecule has 0 aromatic heterocycles. The van der Waals surface area contributed by atoms with Gasteiger partial charge in [0.1, 0.15) is 5.75 Å². The third kappa shape index (κ3) is 9.24. The highest BCUT2D eigenvalue weighted by atomic mass is 35.5. The first-order chi connectivity index (χ1) is 12.8. The summed E-state index contributed by atoms with van der Waals surface area (Å²) in [5.41, 5.74) is 2.33. The molecule has 0 spiro atoms. The number of ether oxygens (including phenoxy) is 1. The maximum Gasteiger partial charge on any atom is 0.208 e. The van der Waals surface area contributed by atoms with Gasteiger partial charge < -0.3 is 10.1 Å². The largest absolute Gasteiger partial charge is 0.494 e. The summed E-state index contributed by atoms with van der Waals surface area (Å²) in [6, 6.07) is 15.9. The van der Waals surface area contributed by atoms with Gasteiger partial charge in [0.2, 0.25) is 10.0 Å². The average Bonchev–Trinajstić information content (AvgIpc) is 2.62. The van der Waals surface area contributed by atoms with Crippen LogP contribution in [0.5, 0.6) is 5.75 Å². The van der Waals surface area contributed by atoms with Gasteiger partial charge in [0.15, 0.2) is 0 Å². The van der Waals surface area contributed by atoms with Gasteiger partial charge in [-0.25, -0.2) is 13.1 Å². The van der Waals surface area contributed by atoms with Crippen LogP contribution in [-0.2, 0) is 23.0 Å². The van der Waals surface area contributed by atoms with E-state index in [1.807, 2.05) is 49.4 Å². The molecule has 0 radical (unpaired) electrons. The number of benzene rings is 2. The molecule has 5 nitrogen and oxygen atoms in total. The second-order valence-electron chi connectivity index (χ2n) is 6.63. The molecule has 2 rings (SSSR count). The van der Waals surface area contributed by atoms with Crippen LogP contribution in [0.4, 0.5) is 0 Å². The van der Waals surface area contributed by atoms with E-state index >= 15 is 0 Å². The van der Waals surface area contributed by atoms with Crippen LogP contribution in [0.2, 0.25) is 5.02 Å². The van der Waals surface area contributed by atoms with E-state index in [9.17, 15) is 8.42 Å². The number of rotatable bonds is 11. The molecular weight excluding hydrogens is 384 g/mol. The average molecular weight is 411 g/mol. The predicted octanol–water partition coefficient (Wildman–Crippen LogP) is 3.38. The second kappa shape index (κ2) is 10.7. The van der Waals surface area contributed by atoms with Crippen LogP contribution in [0.3, 0.4) is 0 Å². The van der Waals surface area contributed by atoms with E-state index in [4.69, 9.17) is 16.3 Å². The van der Waals surface area contributed by atoms with Crippen molar-refractivity contribution in [3.63, 3.8) is 0 Å². The number of aryl methyl sites for hydroxylation is 1. The smallest absolute Gasteiger partial charge is 0.208 e. The molecule has 0 bridgehead atoms. The lowest BCUT2D eigenvalue weighted by atomic mass is 10.1. The highest BCUT2D eigenvalue weighted by molar-refractivity contribution is 7.88. The standard InChI is InChI=1S/C20H27ClN2O3S/c1-16(14-23-27(2,24)25)22-15-18-8-10-20(11-9-18)26-12-4-6-17-5-3-7-19(21)13-17/h3,5,7-11,13,16,22-23H,4,6,12,14-15H2,1-2H3. The van der Waals surface area contributed by atoms with Gasteiger partial charge in [-0.15, -0.1) is 0 Å². The van der Waals surface area contributed by atoms with Crippen LogP contribution in [0.15, 0.2) is 48.5 Å². The molecule has 0 heterocycles. The van der Waals surface area contributed by atoms with Crippen molar-refractivity contribution in [2.24, 2.45) is 0 Å². The van der Waals surface area contributed by atoms with Gasteiger partial charge in [-0.2, -0.15) is 0 Å². The third-order valence-corrected chi connectivity index (χ3v) is 4.92. The van der Waals surface area contributed by atoms with Gasteiger partial charge in [-0.05, 0) is 55.2 Å². The molecule has 7 heteroatoms. The lowest BCUT2D eigenvalue weighted by molar-refractivity contribution is 0.311. The van der Waals surface area contributed by atoms with Crippen molar-refractivity contribution < 1.29 is 13.2 Å². The van der Waals surface area contributed by atoms with Crippen molar-refractivity contribution >= 4 is 21.6 Å². The first-order valence-corrected chi connectivity index (χ1v) is 11.2. The van der Waals surface area contributed by atoms with Gasteiger partial charge in [-0.1, -0.05) is 35.9 Å². The monoisotopic (exact) mass is 410 g/mol. The van der Waals surface area contributed by atoms with E-state index in [2.05, 4.69) is 16.1 Å². The summed E-state index contributed by atoms with van der Waals surface area (Å²) in [6.45, 7) is 3.63. The molecule has 1 atom stereocenters. The van der Waals surface area contributed by atoms with E-state index < -0.39 is 10.0 Å². The minimum Gasteiger partial charge on any atom is -0.494 e. The molecule has 2 aromatic rings. The fourth-order valence-electron chi connectivity index (χ4n) is 2.50. The Morgan fingerprint density at radius 3 is 2.52 bits per heavy atom. The lowest BCUT2D eigenvalue weighted by Crippen LogP contribution is -2.38. The van der Waals surface area contributed by atoms with Crippen molar-refractivity contribution in [3.05, 3.63) is 64.7 Å². The zero-order valence-corrected chi connectivity index (χ0v) is 17.3. The molecule has 0 fully saturated rings. The third-order valence-electron chi connectivity index (χ3n) is 4.00. The van der Waals surface area contributed by atoms with E-state index in [0.717, 1.165) is 35.4 Å². The highest BCUT2D eigenvalue weighted by Gasteiger charge is 2.06. The van der Waals surface area contributed by atoms with E-state index in [1.165, 1.54) is 5.56 Å². The Bertz CT molecular complexity index is 810. The van der Waals surface area contributed by atoms with Crippen LogP contribution in [0, 0.1) is 0 Å². The van der Waals surface area contributed by atoms with E-state index in [0.29, 0.717) is 19.7 Å². The van der Waals surface area contributed by atoms with Crippen LogP contribution in [-0.4, -0.2) is 33.9 Å². The van der Waals surface area contributed by atoms with Gasteiger partial charge in [0, 0.05) is 24.2 Å². The number of nitrogens with one attached hydrogen (secondary N) is 2. The Labute approximate surface area is 167 Å². The fraction of sp³-hybridized carbons (Fsp3) is 0.400. The first kappa shape index (κ1) is 21.7. The predicted molar refractivity (Wildman–Crippen MR) is 111 cm³/mol. The van der Waals surface area contributed by atoms with Crippen LogP contribution >= 0.6 is 11.6 Å². The van der Waals surface area contributed by atoms with Gasteiger partial charge in [-0.3, -0.25) is 0 Å². The summed E-state index contributed by atoms with van der Waals surface area (Å²) in [5.74, 6) is 0.844. The molecule has 1 unspecified atom stereocenters. The molecule has 0 aliphatic heterocycles. The number of hydrogen-bond acceptors (Lipinski definition) is 4. The topological polar surface area (TPSA) is 67.4 Å². The molecule has 148 valence electrons. The zero-order valence-electron chi connectivity index (χ0n) is 15.7. The first-order valence-electron chi connectivity index (χ1n) is 8.96. The summed E-state index contributed by atoms with van der Waals surface area (Å²) in [5, 5.41) is 4.05. The molecule has 0 aliphatic rings. The summed E-state index contributed by atoms with van der Waals surface area (Å²) in [7, 11) is -3.15. The maximum atomic E-state index is 11.1. The minimum absolute atomic E-state index is 0.0436.